The Bertz CT molecular complexity index is 476. The molecule has 104 valence electrons. The van der Waals surface area contributed by atoms with E-state index in [9.17, 15) is 20.0 Å². The second kappa shape index (κ2) is 6.69. The average Bonchev–Trinajstić information content (AvgIpc) is 2.31. The lowest BCUT2D eigenvalue weighted by Gasteiger charge is -2.12. The van der Waals surface area contributed by atoms with E-state index in [1.165, 1.54) is 12.1 Å². The Morgan fingerprint density at radius 2 is 2.21 bits per heavy atom. The highest BCUT2D eigenvalue weighted by atomic mass is 16.6. The number of carbonyl (C=O) groups is 1. The van der Waals surface area contributed by atoms with E-state index in [-0.39, 0.29) is 35.5 Å². The van der Waals surface area contributed by atoms with Gasteiger partial charge in [-0.15, -0.1) is 0 Å². The van der Waals surface area contributed by atoms with Gasteiger partial charge in [0.1, 0.15) is 11.4 Å². The van der Waals surface area contributed by atoms with Crippen molar-refractivity contribution in [2.24, 2.45) is 0 Å². The molecule has 1 atom stereocenters. The van der Waals surface area contributed by atoms with Crippen molar-refractivity contribution in [2.75, 3.05) is 11.9 Å². The van der Waals surface area contributed by atoms with Crippen molar-refractivity contribution >= 4 is 17.3 Å². The third-order valence-electron chi connectivity index (χ3n) is 2.50. The van der Waals surface area contributed by atoms with Crippen LogP contribution in [0.4, 0.5) is 11.4 Å². The molecule has 1 aromatic carbocycles. The molecular weight excluding hydrogens is 250 g/mol. The molecule has 0 fully saturated rings. The Hall–Kier alpha value is -2.15. The summed E-state index contributed by atoms with van der Waals surface area (Å²) in [5.74, 6) is -0.534. The first-order chi connectivity index (χ1) is 8.93. The van der Waals surface area contributed by atoms with Crippen molar-refractivity contribution in [3.8, 4) is 5.75 Å². The van der Waals surface area contributed by atoms with Crippen molar-refractivity contribution in [1.29, 1.82) is 0 Å². The van der Waals surface area contributed by atoms with E-state index < -0.39 is 4.92 Å². The highest BCUT2D eigenvalue weighted by Gasteiger charge is 2.17. The fourth-order valence-corrected chi connectivity index (χ4v) is 1.68. The van der Waals surface area contributed by atoms with Gasteiger partial charge in [-0.1, -0.05) is 6.92 Å². The van der Waals surface area contributed by atoms with Crippen molar-refractivity contribution in [3.05, 3.63) is 28.3 Å². The highest BCUT2D eigenvalue weighted by Crippen LogP contribution is 2.28. The molecule has 1 unspecified atom stereocenters. The van der Waals surface area contributed by atoms with Gasteiger partial charge in [-0.2, -0.15) is 0 Å². The molecule has 0 aliphatic carbocycles. The lowest BCUT2D eigenvalue weighted by molar-refractivity contribution is -0.384. The van der Waals surface area contributed by atoms with E-state index in [1.54, 1.807) is 0 Å². The zero-order valence-electron chi connectivity index (χ0n) is 10.8. The summed E-state index contributed by atoms with van der Waals surface area (Å²) in [6.45, 7) is 4.53. The number of phenolic OH excluding ortho intramolecular Hbond substituents is 1. The van der Waals surface area contributed by atoms with E-state index in [4.69, 9.17) is 0 Å². The van der Waals surface area contributed by atoms with E-state index in [0.717, 1.165) is 12.6 Å². The molecule has 0 bridgehead atoms. The number of nitro groups is 1. The van der Waals surface area contributed by atoms with Crippen LogP contribution < -0.4 is 10.6 Å². The first-order valence-corrected chi connectivity index (χ1v) is 5.94. The molecule has 19 heavy (non-hydrogen) atoms. The van der Waals surface area contributed by atoms with Gasteiger partial charge in [0.15, 0.2) is 0 Å². The van der Waals surface area contributed by atoms with Crippen LogP contribution in [0.25, 0.3) is 0 Å². The second-order valence-electron chi connectivity index (χ2n) is 4.17. The zero-order valence-corrected chi connectivity index (χ0v) is 10.8. The Morgan fingerprint density at radius 3 is 2.79 bits per heavy atom. The summed E-state index contributed by atoms with van der Waals surface area (Å²) in [4.78, 5) is 21.9. The molecular formula is C12H17N3O4. The summed E-state index contributed by atoms with van der Waals surface area (Å²) < 4.78 is 0. The van der Waals surface area contributed by atoms with Gasteiger partial charge in [-0.3, -0.25) is 14.9 Å². The van der Waals surface area contributed by atoms with Crippen LogP contribution in [-0.2, 0) is 4.79 Å². The smallest absolute Gasteiger partial charge is 0.296 e. The summed E-state index contributed by atoms with van der Waals surface area (Å²) in [5, 5.41) is 25.6. The van der Waals surface area contributed by atoms with Crippen LogP contribution in [0.3, 0.4) is 0 Å². The predicted octanol–water partition coefficient (Wildman–Crippen LogP) is 1.63. The van der Waals surface area contributed by atoms with E-state index in [0.29, 0.717) is 0 Å². The lowest BCUT2D eigenvalue weighted by atomic mass is 10.2. The van der Waals surface area contributed by atoms with Crippen molar-refractivity contribution in [1.82, 2.24) is 5.32 Å². The summed E-state index contributed by atoms with van der Waals surface area (Å²) in [6, 6.07) is 3.59. The summed E-state index contributed by atoms with van der Waals surface area (Å²) >= 11 is 0. The van der Waals surface area contributed by atoms with Crippen LogP contribution in [0, 0.1) is 10.1 Å². The molecule has 3 N–H and O–H groups in total. The van der Waals surface area contributed by atoms with E-state index in [2.05, 4.69) is 10.6 Å². The predicted molar refractivity (Wildman–Crippen MR) is 71.1 cm³/mol. The standard InChI is InChI=1S/C12H17N3O4/c1-3-13-8(2)6-12(17)14-10-5-4-9(16)7-11(10)15(18)19/h4-5,7-8,13,16H,3,6H2,1-2H3,(H,14,17). The number of rotatable bonds is 6. The number of aromatic hydroxyl groups is 1. The highest BCUT2D eigenvalue weighted by molar-refractivity contribution is 5.93. The summed E-state index contributed by atoms with van der Waals surface area (Å²) in [7, 11) is 0. The average molecular weight is 267 g/mol. The molecule has 0 saturated carbocycles. The molecule has 1 amide bonds. The zero-order chi connectivity index (χ0) is 14.4. The van der Waals surface area contributed by atoms with Gasteiger partial charge in [0.2, 0.25) is 5.91 Å². The number of benzene rings is 1. The minimum atomic E-state index is -0.650. The van der Waals surface area contributed by atoms with Crippen molar-refractivity contribution < 1.29 is 14.8 Å². The SMILES string of the molecule is CCNC(C)CC(=O)Nc1ccc(O)cc1[N+](=O)[O-]. The van der Waals surface area contributed by atoms with Crippen LogP contribution in [0.15, 0.2) is 18.2 Å². The van der Waals surface area contributed by atoms with Gasteiger partial charge in [0.25, 0.3) is 5.69 Å². The Labute approximate surface area is 110 Å². The number of phenols is 1. The Balaban J connectivity index is 2.76. The van der Waals surface area contributed by atoms with E-state index >= 15 is 0 Å². The second-order valence-corrected chi connectivity index (χ2v) is 4.17. The first-order valence-electron chi connectivity index (χ1n) is 5.94. The Kier molecular flexibility index (Phi) is 5.25. The van der Waals surface area contributed by atoms with Gasteiger partial charge in [0, 0.05) is 12.5 Å². The van der Waals surface area contributed by atoms with Gasteiger partial charge >= 0.3 is 0 Å². The van der Waals surface area contributed by atoms with Crippen molar-refractivity contribution in [3.63, 3.8) is 0 Å². The molecule has 0 heterocycles. The van der Waals surface area contributed by atoms with Gasteiger partial charge < -0.3 is 15.7 Å². The number of nitrogens with one attached hydrogen (secondary N) is 2. The Morgan fingerprint density at radius 1 is 1.53 bits per heavy atom. The molecule has 0 aromatic heterocycles. The van der Waals surface area contributed by atoms with Crippen LogP contribution in [0.5, 0.6) is 5.75 Å². The number of carbonyl (C=O) groups excluding carboxylic acids is 1. The molecule has 7 heteroatoms. The third kappa shape index (κ3) is 4.55. The largest absolute Gasteiger partial charge is 0.508 e. The van der Waals surface area contributed by atoms with Gasteiger partial charge in [0.05, 0.1) is 11.0 Å². The number of hydrogen-bond acceptors (Lipinski definition) is 5. The third-order valence-corrected chi connectivity index (χ3v) is 2.50. The molecule has 1 aromatic rings. The van der Waals surface area contributed by atoms with Gasteiger partial charge in [-0.25, -0.2) is 0 Å². The van der Waals surface area contributed by atoms with E-state index in [1.807, 2.05) is 13.8 Å². The monoisotopic (exact) mass is 267 g/mol. The van der Waals surface area contributed by atoms with Crippen LogP contribution in [-0.4, -0.2) is 28.5 Å². The minimum absolute atomic E-state index is 0.0128. The molecule has 0 spiro atoms. The fraction of sp³-hybridized carbons (Fsp3) is 0.417. The summed E-state index contributed by atoms with van der Waals surface area (Å²) in [6.07, 6.45) is 0.214. The number of nitrogens with zero attached hydrogens (tertiary/aromatic N) is 1. The molecule has 7 nitrogen and oxygen atoms in total. The quantitative estimate of drug-likeness (QED) is 0.413. The maximum atomic E-state index is 11.7. The topological polar surface area (TPSA) is 104 Å². The summed E-state index contributed by atoms with van der Waals surface area (Å²) in [5.41, 5.74) is -0.249. The number of nitro benzene ring substituents is 1. The molecule has 0 radical (unpaired) electrons. The fourth-order valence-electron chi connectivity index (χ4n) is 1.68. The first kappa shape index (κ1) is 14.9. The lowest BCUT2D eigenvalue weighted by Crippen LogP contribution is -2.30. The van der Waals surface area contributed by atoms with Crippen molar-refractivity contribution in [2.45, 2.75) is 26.3 Å². The molecule has 0 aliphatic heterocycles. The maximum absolute atomic E-state index is 11.7. The van der Waals surface area contributed by atoms with Gasteiger partial charge in [-0.05, 0) is 25.6 Å². The molecule has 0 saturated heterocycles. The number of hydrogen-bond donors (Lipinski definition) is 3. The van der Waals surface area contributed by atoms with Crippen LogP contribution >= 0.6 is 0 Å². The normalized spacial score (nSPS) is 11.9. The number of anilines is 1. The number of amides is 1. The van der Waals surface area contributed by atoms with Crippen LogP contribution in [0.2, 0.25) is 0 Å². The maximum Gasteiger partial charge on any atom is 0.296 e. The minimum Gasteiger partial charge on any atom is -0.508 e. The van der Waals surface area contributed by atoms with Crippen LogP contribution in [0.1, 0.15) is 20.3 Å². The molecule has 0 aliphatic rings. The molecule has 1 rings (SSSR count).